The highest BCUT2D eigenvalue weighted by molar-refractivity contribution is 6.61. The Balaban J connectivity index is 1.56. The van der Waals surface area contributed by atoms with Gasteiger partial charge < -0.3 is 14.4 Å². The number of aliphatic hydroxyl groups excluding tert-OH is 1. The summed E-state index contributed by atoms with van der Waals surface area (Å²) in [4.78, 5) is 0. The maximum atomic E-state index is 8.75. The number of aromatic nitrogens is 2. The summed E-state index contributed by atoms with van der Waals surface area (Å²) in [5, 5.41) is 13.2. The van der Waals surface area contributed by atoms with Gasteiger partial charge in [0.05, 0.1) is 11.2 Å². The zero-order valence-corrected chi connectivity index (χ0v) is 17.9. The van der Waals surface area contributed by atoms with Crippen LogP contribution in [0.4, 0.5) is 0 Å². The van der Waals surface area contributed by atoms with E-state index in [9.17, 15) is 0 Å². The number of aliphatic hydroxyl groups is 1. The first-order valence-corrected chi connectivity index (χ1v) is 10.8. The third-order valence-corrected chi connectivity index (χ3v) is 5.97. The summed E-state index contributed by atoms with van der Waals surface area (Å²) in [7, 11) is -0.318. The molecule has 0 bridgehead atoms. The van der Waals surface area contributed by atoms with Crippen molar-refractivity contribution in [2.75, 3.05) is 6.61 Å². The molecule has 154 valence electrons. The van der Waals surface area contributed by atoms with Crippen molar-refractivity contribution >= 4 is 12.6 Å². The summed E-state index contributed by atoms with van der Waals surface area (Å²) in [6, 6.07) is 0. The summed E-state index contributed by atoms with van der Waals surface area (Å²) in [5.41, 5.74) is 0.395. The summed E-state index contributed by atoms with van der Waals surface area (Å²) < 4.78 is 14.2. The van der Waals surface area contributed by atoms with Crippen molar-refractivity contribution in [3.63, 3.8) is 0 Å². The second-order valence-corrected chi connectivity index (χ2v) is 8.88. The molecule has 5 nitrogen and oxygen atoms in total. The highest BCUT2D eigenvalue weighted by atomic mass is 16.7. The van der Waals surface area contributed by atoms with Crippen molar-refractivity contribution < 1.29 is 14.4 Å². The fourth-order valence-electron chi connectivity index (χ4n) is 3.40. The van der Waals surface area contributed by atoms with Crippen LogP contribution < -0.4 is 5.46 Å². The molecule has 2 heterocycles. The van der Waals surface area contributed by atoms with Crippen molar-refractivity contribution in [2.45, 2.75) is 110 Å². The molecule has 0 unspecified atom stereocenters. The Kier molecular flexibility index (Phi) is 8.84. The number of nitrogens with zero attached hydrogens (tertiary/aromatic N) is 2. The Bertz CT molecular complexity index is 529. The highest BCUT2D eigenvalue weighted by Crippen LogP contribution is 2.36. The van der Waals surface area contributed by atoms with Crippen LogP contribution in [0.2, 0.25) is 0 Å². The van der Waals surface area contributed by atoms with Crippen LogP contribution in [0.1, 0.15) is 91.9 Å². The molecule has 1 saturated heterocycles. The van der Waals surface area contributed by atoms with Gasteiger partial charge in [0.2, 0.25) is 0 Å². The topological polar surface area (TPSA) is 56.5 Å². The Morgan fingerprint density at radius 2 is 1.33 bits per heavy atom. The van der Waals surface area contributed by atoms with Crippen LogP contribution in [0.5, 0.6) is 0 Å². The molecule has 0 aromatic carbocycles. The van der Waals surface area contributed by atoms with E-state index in [1.165, 1.54) is 57.8 Å². The van der Waals surface area contributed by atoms with Crippen molar-refractivity contribution in [2.24, 2.45) is 0 Å². The van der Waals surface area contributed by atoms with Gasteiger partial charge >= 0.3 is 7.12 Å². The maximum absolute atomic E-state index is 8.75. The molecule has 1 aliphatic rings. The van der Waals surface area contributed by atoms with E-state index in [0.717, 1.165) is 18.4 Å². The van der Waals surface area contributed by atoms with Crippen molar-refractivity contribution in [3.05, 3.63) is 12.4 Å². The Morgan fingerprint density at radius 1 is 0.852 bits per heavy atom. The molecule has 0 radical (unpaired) electrons. The van der Waals surface area contributed by atoms with E-state index in [4.69, 9.17) is 14.4 Å². The molecule has 0 atom stereocenters. The summed E-state index contributed by atoms with van der Waals surface area (Å²) in [6.45, 7) is 9.60. The molecular formula is C21H39BN2O3. The van der Waals surface area contributed by atoms with Crippen LogP contribution in [0.3, 0.4) is 0 Å². The van der Waals surface area contributed by atoms with Crippen LogP contribution >= 0.6 is 0 Å². The average Bonchev–Trinajstić information content (AvgIpc) is 3.15. The standard InChI is InChI=1S/C21H39BN2O3/c1-20(2)21(3,4)27-22(26-20)19-17-23-24(18-19)15-13-11-9-7-5-6-8-10-12-14-16-25/h17-18,25H,5-16H2,1-4H3. The number of aryl methyl sites for hydroxylation is 1. The summed E-state index contributed by atoms with van der Waals surface area (Å²) in [5.74, 6) is 0. The number of hydrogen-bond acceptors (Lipinski definition) is 4. The van der Waals surface area contributed by atoms with Crippen LogP contribution in [0.25, 0.3) is 0 Å². The van der Waals surface area contributed by atoms with Gasteiger partial charge in [-0.1, -0.05) is 51.4 Å². The molecule has 2 rings (SSSR count). The van der Waals surface area contributed by atoms with Crippen LogP contribution in [0.15, 0.2) is 12.4 Å². The van der Waals surface area contributed by atoms with Gasteiger partial charge in [-0.3, -0.25) is 4.68 Å². The second kappa shape index (κ2) is 10.6. The third-order valence-electron chi connectivity index (χ3n) is 5.97. The fraction of sp³-hybridized carbons (Fsp3) is 0.857. The van der Waals surface area contributed by atoms with Crippen LogP contribution in [-0.2, 0) is 15.9 Å². The Morgan fingerprint density at radius 3 is 1.85 bits per heavy atom. The lowest BCUT2D eigenvalue weighted by atomic mass is 9.82. The van der Waals surface area contributed by atoms with E-state index in [1.54, 1.807) is 0 Å². The summed E-state index contributed by atoms with van der Waals surface area (Å²) >= 11 is 0. The minimum Gasteiger partial charge on any atom is -0.399 e. The fourth-order valence-corrected chi connectivity index (χ4v) is 3.40. The minimum absolute atomic E-state index is 0.307. The van der Waals surface area contributed by atoms with Crippen LogP contribution in [-0.4, -0.2) is 39.8 Å². The van der Waals surface area contributed by atoms with Gasteiger partial charge in [0, 0.05) is 31.0 Å². The van der Waals surface area contributed by atoms with Crippen LogP contribution in [0, 0.1) is 0 Å². The first kappa shape index (κ1) is 22.4. The molecule has 1 aliphatic heterocycles. The van der Waals surface area contributed by atoms with E-state index >= 15 is 0 Å². The van der Waals surface area contributed by atoms with E-state index in [-0.39, 0.29) is 18.3 Å². The molecule has 1 aromatic heterocycles. The summed E-state index contributed by atoms with van der Waals surface area (Å²) in [6.07, 6.45) is 16.4. The highest BCUT2D eigenvalue weighted by Gasteiger charge is 2.52. The smallest absolute Gasteiger partial charge is 0.399 e. The van der Waals surface area contributed by atoms with Crippen molar-refractivity contribution in [1.82, 2.24) is 9.78 Å². The van der Waals surface area contributed by atoms with Gasteiger partial charge in [-0.2, -0.15) is 5.10 Å². The molecule has 27 heavy (non-hydrogen) atoms. The van der Waals surface area contributed by atoms with E-state index in [0.29, 0.717) is 6.61 Å². The van der Waals surface area contributed by atoms with Gasteiger partial charge in [-0.05, 0) is 40.5 Å². The van der Waals surface area contributed by atoms with Gasteiger partial charge in [0.1, 0.15) is 0 Å². The zero-order valence-electron chi connectivity index (χ0n) is 17.9. The molecule has 1 fully saturated rings. The molecule has 0 saturated carbocycles. The number of rotatable bonds is 13. The van der Waals surface area contributed by atoms with E-state index in [1.807, 2.05) is 10.9 Å². The largest absolute Gasteiger partial charge is 0.498 e. The third kappa shape index (κ3) is 6.92. The normalized spacial score (nSPS) is 18.3. The van der Waals surface area contributed by atoms with Gasteiger partial charge in [-0.25, -0.2) is 0 Å². The molecule has 6 heteroatoms. The number of hydrogen-bond donors (Lipinski definition) is 1. The Labute approximate surface area is 166 Å². The Hall–Kier alpha value is -0.845. The maximum Gasteiger partial charge on any atom is 0.498 e. The first-order chi connectivity index (χ1) is 12.9. The van der Waals surface area contributed by atoms with Crippen molar-refractivity contribution in [1.29, 1.82) is 0 Å². The monoisotopic (exact) mass is 378 g/mol. The molecule has 0 amide bonds. The predicted molar refractivity (Wildman–Crippen MR) is 111 cm³/mol. The first-order valence-electron chi connectivity index (χ1n) is 10.8. The second-order valence-electron chi connectivity index (χ2n) is 8.88. The molecular weight excluding hydrogens is 339 g/mol. The zero-order chi connectivity index (χ0) is 19.8. The lowest BCUT2D eigenvalue weighted by Crippen LogP contribution is -2.41. The lowest BCUT2D eigenvalue weighted by Gasteiger charge is -2.32. The van der Waals surface area contributed by atoms with Crippen molar-refractivity contribution in [3.8, 4) is 0 Å². The van der Waals surface area contributed by atoms with E-state index < -0.39 is 0 Å². The molecule has 0 aliphatic carbocycles. The average molecular weight is 378 g/mol. The van der Waals surface area contributed by atoms with E-state index in [2.05, 4.69) is 39.0 Å². The van der Waals surface area contributed by atoms with Gasteiger partial charge in [0.25, 0.3) is 0 Å². The molecule has 0 spiro atoms. The lowest BCUT2D eigenvalue weighted by molar-refractivity contribution is 0.00578. The molecule has 1 aromatic rings. The van der Waals surface area contributed by atoms with Gasteiger partial charge in [-0.15, -0.1) is 0 Å². The SMILES string of the molecule is CC1(C)OB(c2cnn(CCCCCCCCCCCCO)c2)OC1(C)C. The quantitative estimate of drug-likeness (QED) is 0.415. The minimum atomic E-state index is -0.318. The number of unbranched alkanes of at least 4 members (excludes halogenated alkanes) is 9. The van der Waals surface area contributed by atoms with Gasteiger partial charge in [0.15, 0.2) is 0 Å². The molecule has 1 N–H and O–H groups in total. The predicted octanol–water partition coefficient (Wildman–Crippen LogP) is 4.08.